The molecule has 1 heterocycles. The Bertz CT molecular complexity index is 687. The lowest BCUT2D eigenvalue weighted by atomic mass is 10.1. The van der Waals surface area contributed by atoms with Crippen LogP contribution in [0.2, 0.25) is 0 Å². The minimum absolute atomic E-state index is 0.0248. The normalized spacial score (nSPS) is 16.6. The Balaban J connectivity index is 1.81. The van der Waals surface area contributed by atoms with Gasteiger partial charge in [0.1, 0.15) is 5.75 Å². The number of methoxy groups -OCH3 is 1. The molecule has 0 radical (unpaired) electrons. The molecule has 114 valence electrons. The first-order valence-corrected chi connectivity index (χ1v) is 6.94. The lowest BCUT2D eigenvalue weighted by molar-refractivity contribution is 0.0997. The molecule has 6 heteroatoms. The van der Waals surface area contributed by atoms with Crippen LogP contribution < -0.4 is 26.2 Å². The Morgan fingerprint density at radius 2 is 1.77 bits per heavy atom. The number of hydrazine groups is 1. The highest BCUT2D eigenvalue weighted by Crippen LogP contribution is 2.35. The number of Topliss-reactive ketones (excluding diaryl/α,β-unsaturated/α-hetero) is 1. The van der Waals surface area contributed by atoms with Crippen molar-refractivity contribution < 1.29 is 9.53 Å². The van der Waals surface area contributed by atoms with Crippen molar-refractivity contribution >= 4 is 17.2 Å². The zero-order valence-electron chi connectivity index (χ0n) is 12.3. The summed E-state index contributed by atoms with van der Waals surface area (Å²) >= 11 is 0. The number of ether oxygens (including phenoxy) is 1. The fourth-order valence-corrected chi connectivity index (χ4v) is 2.56. The van der Waals surface area contributed by atoms with Crippen LogP contribution in [-0.4, -0.2) is 25.7 Å². The summed E-state index contributed by atoms with van der Waals surface area (Å²) in [4.78, 5) is 14.3. The second kappa shape index (κ2) is 5.67. The van der Waals surface area contributed by atoms with Gasteiger partial charge in [-0.1, -0.05) is 12.1 Å². The Kier molecular flexibility index (Phi) is 3.70. The number of carbonyl (C=O) groups is 1. The number of para-hydroxylation sites is 2. The number of nitrogens with zero attached hydrogens (tertiary/aromatic N) is 2. The first kappa shape index (κ1) is 14.4. The van der Waals surface area contributed by atoms with Gasteiger partial charge in [0.05, 0.1) is 25.0 Å². The standard InChI is InChI=1S/C16H18N4O2/c1-22-12-8-6-11(7-9-12)15(21)10-19-13-4-2-3-5-14(13)20(18)16(19)17/h2-9,16H,10,17-18H2,1H3. The summed E-state index contributed by atoms with van der Waals surface area (Å²) in [5, 5.41) is 1.47. The van der Waals surface area contributed by atoms with Crippen LogP contribution in [-0.2, 0) is 0 Å². The Labute approximate surface area is 128 Å². The van der Waals surface area contributed by atoms with Crippen LogP contribution in [0, 0.1) is 0 Å². The highest BCUT2D eigenvalue weighted by atomic mass is 16.5. The van der Waals surface area contributed by atoms with Crippen molar-refractivity contribution in [1.82, 2.24) is 0 Å². The topological polar surface area (TPSA) is 84.8 Å². The van der Waals surface area contributed by atoms with E-state index in [-0.39, 0.29) is 12.3 Å². The van der Waals surface area contributed by atoms with Crippen molar-refractivity contribution in [3.8, 4) is 5.75 Å². The van der Waals surface area contributed by atoms with Gasteiger partial charge in [0.2, 0.25) is 0 Å². The van der Waals surface area contributed by atoms with Gasteiger partial charge in [-0.15, -0.1) is 0 Å². The van der Waals surface area contributed by atoms with Crippen LogP contribution in [0.5, 0.6) is 5.75 Å². The molecule has 4 N–H and O–H groups in total. The molecule has 2 aromatic carbocycles. The van der Waals surface area contributed by atoms with Crippen LogP contribution >= 0.6 is 0 Å². The number of fused-ring (bicyclic) bond motifs is 1. The van der Waals surface area contributed by atoms with Crippen molar-refractivity contribution in [2.24, 2.45) is 11.6 Å². The number of hydrogen-bond acceptors (Lipinski definition) is 6. The molecule has 1 atom stereocenters. The Morgan fingerprint density at radius 1 is 1.14 bits per heavy atom. The monoisotopic (exact) mass is 298 g/mol. The number of rotatable bonds is 4. The maximum absolute atomic E-state index is 12.5. The maximum Gasteiger partial charge on any atom is 0.182 e. The number of carbonyl (C=O) groups excluding carboxylic acids is 1. The lowest BCUT2D eigenvalue weighted by Gasteiger charge is -2.26. The van der Waals surface area contributed by atoms with Crippen molar-refractivity contribution in [2.75, 3.05) is 23.6 Å². The average molecular weight is 298 g/mol. The molecule has 0 aromatic heterocycles. The zero-order chi connectivity index (χ0) is 15.7. The van der Waals surface area contributed by atoms with E-state index in [0.29, 0.717) is 11.3 Å². The predicted molar refractivity (Wildman–Crippen MR) is 85.8 cm³/mol. The number of ketones is 1. The highest BCUT2D eigenvalue weighted by Gasteiger charge is 2.32. The molecule has 3 rings (SSSR count). The lowest BCUT2D eigenvalue weighted by Crippen LogP contribution is -2.54. The van der Waals surface area contributed by atoms with Gasteiger partial charge in [-0.05, 0) is 36.4 Å². The fourth-order valence-electron chi connectivity index (χ4n) is 2.56. The van der Waals surface area contributed by atoms with E-state index < -0.39 is 6.29 Å². The van der Waals surface area contributed by atoms with Crippen LogP contribution in [0.3, 0.4) is 0 Å². The molecule has 0 saturated carbocycles. The van der Waals surface area contributed by atoms with Crippen molar-refractivity contribution in [3.05, 3.63) is 54.1 Å². The molecule has 6 nitrogen and oxygen atoms in total. The number of benzene rings is 2. The summed E-state index contributed by atoms with van der Waals surface area (Å²) in [6.45, 7) is 0.165. The van der Waals surface area contributed by atoms with Crippen LogP contribution in [0.15, 0.2) is 48.5 Å². The quantitative estimate of drug-likeness (QED) is 0.654. The third-order valence-corrected chi connectivity index (χ3v) is 3.80. The SMILES string of the molecule is COc1ccc(C(=O)CN2c3ccccc3N(N)C2N)cc1. The smallest absolute Gasteiger partial charge is 0.182 e. The molecule has 0 amide bonds. The van der Waals surface area contributed by atoms with Gasteiger partial charge in [-0.2, -0.15) is 0 Å². The van der Waals surface area contributed by atoms with Crippen molar-refractivity contribution in [1.29, 1.82) is 0 Å². The molecule has 0 bridgehead atoms. The van der Waals surface area contributed by atoms with Gasteiger partial charge in [0.15, 0.2) is 12.1 Å². The number of anilines is 2. The Hall–Kier alpha value is -2.57. The molecule has 0 saturated heterocycles. The molecule has 2 aromatic rings. The molecular weight excluding hydrogens is 280 g/mol. The van der Waals surface area contributed by atoms with Crippen LogP contribution in [0.4, 0.5) is 11.4 Å². The van der Waals surface area contributed by atoms with Gasteiger partial charge in [0.25, 0.3) is 0 Å². The van der Waals surface area contributed by atoms with Crippen LogP contribution in [0.25, 0.3) is 0 Å². The summed E-state index contributed by atoms with van der Waals surface area (Å²) in [6.07, 6.45) is -0.556. The number of nitrogens with two attached hydrogens (primary N) is 2. The summed E-state index contributed by atoms with van der Waals surface area (Å²) in [5.41, 5.74) is 8.39. The second-order valence-corrected chi connectivity index (χ2v) is 5.09. The first-order chi connectivity index (χ1) is 10.6. The second-order valence-electron chi connectivity index (χ2n) is 5.09. The van der Waals surface area contributed by atoms with Crippen LogP contribution in [0.1, 0.15) is 10.4 Å². The van der Waals surface area contributed by atoms with Crippen molar-refractivity contribution in [2.45, 2.75) is 6.29 Å². The van der Waals surface area contributed by atoms with E-state index in [2.05, 4.69) is 0 Å². The Morgan fingerprint density at radius 3 is 2.41 bits per heavy atom. The molecule has 0 fully saturated rings. The third-order valence-electron chi connectivity index (χ3n) is 3.80. The van der Waals surface area contributed by atoms with E-state index in [0.717, 1.165) is 11.4 Å². The molecule has 0 spiro atoms. The first-order valence-electron chi connectivity index (χ1n) is 6.94. The minimum Gasteiger partial charge on any atom is -0.497 e. The van der Waals surface area contributed by atoms with E-state index in [9.17, 15) is 4.79 Å². The van der Waals surface area contributed by atoms with Gasteiger partial charge < -0.3 is 9.64 Å². The zero-order valence-corrected chi connectivity index (χ0v) is 12.3. The molecule has 1 aliphatic rings. The van der Waals surface area contributed by atoms with E-state index in [1.807, 2.05) is 24.3 Å². The third kappa shape index (κ3) is 2.38. The average Bonchev–Trinajstić information content (AvgIpc) is 2.80. The minimum atomic E-state index is -0.556. The van der Waals surface area contributed by atoms with Gasteiger partial charge in [0, 0.05) is 5.56 Å². The molecule has 22 heavy (non-hydrogen) atoms. The molecule has 1 unspecified atom stereocenters. The molecular formula is C16H18N4O2. The fraction of sp³-hybridized carbons (Fsp3) is 0.188. The van der Waals surface area contributed by atoms with E-state index >= 15 is 0 Å². The summed E-state index contributed by atoms with van der Waals surface area (Å²) in [5.74, 6) is 6.66. The van der Waals surface area contributed by atoms with Gasteiger partial charge >= 0.3 is 0 Å². The van der Waals surface area contributed by atoms with Crippen molar-refractivity contribution in [3.63, 3.8) is 0 Å². The number of hydrogen-bond donors (Lipinski definition) is 2. The van der Waals surface area contributed by atoms with E-state index in [4.69, 9.17) is 16.3 Å². The molecule has 1 aliphatic heterocycles. The van der Waals surface area contributed by atoms with Gasteiger partial charge in [-0.3, -0.25) is 15.5 Å². The van der Waals surface area contributed by atoms with E-state index in [1.54, 1.807) is 36.3 Å². The predicted octanol–water partition coefficient (Wildman–Crippen LogP) is 1.32. The summed E-state index contributed by atoms with van der Waals surface area (Å²) in [6, 6.07) is 14.6. The van der Waals surface area contributed by atoms with Gasteiger partial charge in [-0.25, -0.2) is 5.84 Å². The largest absolute Gasteiger partial charge is 0.497 e. The highest BCUT2D eigenvalue weighted by molar-refractivity contribution is 6.00. The van der Waals surface area contributed by atoms with E-state index in [1.165, 1.54) is 5.01 Å². The molecule has 0 aliphatic carbocycles. The summed E-state index contributed by atoms with van der Waals surface area (Å²) in [7, 11) is 1.59. The maximum atomic E-state index is 12.5. The summed E-state index contributed by atoms with van der Waals surface area (Å²) < 4.78 is 5.10.